The summed E-state index contributed by atoms with van der Waals surface area (Å²) >= 11 is 0. The van der Waals surface area contributed by atoms with Crippen LogP contribution < -0.4 is 5.48 Å². The van der Waals surface area contributed by atoms with Crippen LogP contribution in [0.25, 0.3) is 0 Å². The number of furan rings is 1. The minimum absolute atomic E-state index is 0.290. The SMILES string of the molecule is COC(=O)C(CNOCc1ccccc1)Cc1ccco1. The summed E-state index contributed by atoms with van der Waals surface area (Å²) in [7, 11) is 1.38. The van der Waals surface area contributed by atoms with Gasteiger partial charge in [-0.05, 0) is 17.7 Å². The summed E-state index contributed by atoms with van der Waals surface area (Å²) in [5.74, 6) is 0.106. The van der Waals surface area contributed by atoms with Crippen LogP contribution in [0.4, 0.5) is 0 Å². The third kappa shape index (κ3) is 5.06. The Bertz CT molecular complexity index is 524. The topological polar surface area (TPSA) is 60.7 Å². The molecule has 2 aromatic rings. The summed E-state index contributed by atoms with van der Waals surface area (Å²) in [5.41, 5.74) is 3.88. The average molecular weight is 289 g/mol. The Labute approximate surface area is 123 Å². The Hall–Kier alpha value is -2.11. The molecule has 112 valence electrons. The Kier molecular flexibility index (Phi) is 5.99. The molecule has 0 amide bonds. The van der Waals surface area contributed by atoms with E-state index in [-0.39, 0.29) is 11.9 Å². The minimum atomic E-state index is -0.350. The highest BCUT2D eigenvalue weighted by Crippen LogP contribution is 2.10. The first-order chi connectivity index (χ1) is 10.3. The Morgan fingerprint density at radius 1 is 1.24 bits per heavy atom. The quantitative estimate of drug-likeness (QED) is 0.459. The van der Waals surface area contributed by atoms with Crippen molar-refractivity contribution in [2.24, 2.45) is 5.92 Å². The van der Waals surface area contributed by atoms with Crippen molar-refractivity contribution in [2.45, 2.75) is 13.0 Å². The van der Waals surface area contributed by atoms with Crippen LogP contribution in [0.1, 0.15) is 11.3 Å². The van der Waals surface area contributed by atoms with E-state index in [4.69, 9.17) is 14.0 Å². The van der Waals surface area contributed by atoms with E-state index in [0.29, 0.717) is 19.6 Å². The van der Waals surface area contributed by atoms with Crippen molar-refractivity contribution in [3.8, 4) is 0 Å². The molecule has 0 saturated heterocycles. The van der Waals surface area contributed by atoms with E-state index in [9.17, 15) is 4.79 Å². The molecule has 1 aromatic heterocycles. The minimum Gasteiger partial charge on any atom is -0.469 e. The summed E-state index contributed by atoms with van der Waals surface area (Å²) in [6.07, 6.45) is 2.06. The van der Waals surface area contributed by atoms with E-state index < -0.39 is 0 Å². The molecule has 1 unspecified atom stereocenters. The highest BCUT2D eigenvalue weighted by Gasteiger charge is 2.20. The highest BCUT2D eigenvalue weighted by molar-refractivity contribution is 5.72. The summed E-state index contributed by atoms with van der Waals surface area (Å²) in [5, 5.41) is 0. The number of ether oxygens (including phenoxy) is 1. The lowest BCUT2D eigenvalue weighted by atomic mass is 10.0. The number of methoxy groups -OCH3 is 1. The van der Waals surface area contributed by atoms with Crippen LogP contribution in [-0.2, 0) is 27.4 Å². The van der Waals surface area contributed by atoms with E-state index in [1.54, 1.807) is 12.3 Å². The van der Waals surface area contributed by atoms with Crippen molar-refractivity contribution in [2.75, 3.05) is 13.7 Å². The molecular weight excluding hydrogens is 270 g/mol. The van der Waals surface area contributed by atoms with Gasteiger partial charge in [0, 0.05) is 13.0 Å². The standard InChI is InChI=1S/C16H19NO4/c1-19-16(18)14(10-15-8-5-9-20-15)11-17-21-12-13-6-3-2-4-7-13/h2-9,14,17H,10-12H2,1H3. The van der Waals surface area contributed by atoms with Crippen LogP contribution in [0.15, 0.2) is 53.1 Å². The van der Waals surface area contributed by atoms with Crippen LogP contribution in [0.2, 0.25) is 0 Å². The van der Waals surface area contributed by atoms with Gasteiger partial charge in [0.1, 0.15) is 5.76 Å². The monoisotopic (exact) mass is 289 g/mol. The van der Waals surface area contributed by atoms with Gasteiger partial charge < -0.3 is 9.15 Å². The molecule has 1 atom stereocenters. The van der Waals surface area contributed by atoms with Gasteiger partial charge in [-0.3, -0.25) is 9.63 Å². The number of carbonyl (C=O) groups is 1. The third-order valence-corrected chi connectivity index (χ3v) is 3.08. The maximum Gasteiger partial charge on any atom is 0.310 e. The molecule has 1 aromatic carbocycles. The largest absolute Gasteiger partial charge is 0.469 e. The van der Waals surface area contributed by atoms with Crippen LogP contribution in [0.5, 0.6) is 0 Å². The van der Waals surface area contributed by atoms with Gasteiger partial charge in [-0.25, -0.2) is 5.48 Å². The van der Waals surface area contributed by atoms with E-state index in [1.165, 1.54) is 7.11 Å². The van der Waals surface area contributed by atoms with Gasteiger partial charge in [0.05, 0.1) is 25.9 Å². The van der Waals surface area contributed by atoms with Crippen molar-refractivity contribution < 1.29 is 18.8 Å². The first-order valence-corrected chi connectivity index (χ1v) is 6.78. The smallest absolute Gasteiger partial charge is 0.310 e. The predicted molar refractivity (Wildman–Crippen MR) is 77.2 cm³/mol. The number of nitrogens with one attached hydrogen (secondary N) is 1. The number of carbonyl (C=O) groups excluding carboxylic acids is 1. The summed E-state index contributed by atoms with van der Waals surface area (Å²) in [4.78, 5) is 17.1. The highest BCUT2D eigenvalue weighted by atomic mass is 16.6. The number of hydroxylamine groups is 1. The van der Waals surface area contributed by atoms with E-state index in [1.807, 2.05) is 36.4 Å². The molecule has 2 rings (SSSR count). The molecule has 0 aliphatic carbocycles. The fourth-order valence-electron chi connectivity index (χ4n) is 1.95. The Morgan fingerprint density at radius 3 is 2.71 bits per heavy atom. The van der Waals surface area contributed by atoms with E-state index in [0.717, 1.165) is 11.3 Å². The first kappa shape index (κ1) is 15.3. The summed E-state index contributed by atoms with van der Waals surface area (Å²) in [6.45, 7) is 0.801. The molecule has 21 heavy (non-hydrogen) atoms. The number of benzene rings is 1. The summed E-state index contributed by atoms with van der Waals surface area (Å²) in [6, 6.07) is 13.4. The van der Waals surface area contributed by atoms with Gasteiger partial charge in [-0.1, -0.05) is 30.3 Å². The molecule has 0 aliphatic heterocycles. The van der Waals surface area contributed by atoms with Crippen molar-refractivity contribution in [1.82, 2.24) is 5.48 Å². The predicted octanol–water partition coefficient (Wildman–Crippen LogP) is 2.33. The second-order valence-corrected chi connectivity index (χ2v) is 4.63. The maximum absolute atomic E-state index is 11.7. The fourth-order valence-corrected chi connectivity index (χ4v) is 1.95. The maximum atomic E-state index is 11.7. The van der Waals surface area contributed by atoms with Gasteiger partial charge in [0.2, 0.25) is 0 Å². The molecule has 5 heteroatoms. The zero-order chi connectivity index (χ0) is 14.9. The van der Waals surface area contributed by atoms with E-state index >= 15 is 0 Å². The molecule has 1 N–H and O–H groups in total. The molecule has 5 nitrogen and oxygen atoms in total. The zero-order valence-corrected chi connectivity index (χ0v) is 12.0. The summed E-state index contributed by atoms with van der Waals surface area (Å²) < 4.78 is 10.1. The Morgan fingerprint density at radius 2 is 2.05 bits per heavy atom. The van der Waals surface area contributed by atoms with Crippen LogP contribution in [0, 0.1) is 5.92 Å². The van der Waals surface area contributed by atoms with Crippen LogP contribution in [0.3, 0.4) is 0 Å². The molecule has 0 fully saturated rings. The molecule has 0 radical (unpaired) electrons. The average Bonchev–Trinajstić information content (AvgIpc) is 3.03. The first-order valence-electron chi connectivity index (χ1n) is 6.78. The number of rotatable bonds is 8. The van der Waals surface area contributed by atoms with Crippen molar-refractivity contribution in [1.29, 1.82) is 0 Å². The number of hydrogen-bond donors (Lipinski definition) is 1. The molecule has 0 bridgehead atoms. The molecular formula is C16H19NO4. The molecule has 0 spiro atoms. The number of hydrogen-bond acceptors (Lipinski definition) is 5. The van der Waals surface area contributed by atoms with Gasteiger partial charge in [-0.2, -0.15) is 0 Å². The Balaban J connectivity index is 1.78. The van der Waals surface area contributed by atoms with Crippen LogP contribution >= 0.6 is 0 Å². The lowest BCUT2D eigenvalue weighted by Gasteiger charge is -2.14. The van der Waals surface area contributed by atoms with Crippen molar-refractivity contribution >= 4 is 5.97 Å². The second kappa shape index (κ2) is 8.24. The molecule has 0 saturated carbocycles. The fraction of sp³-hybridized carbons (Fsp3) is 0.312. The van der Waals surface area contributed by atoms with Gasteiger partial charge >= 0.3 is 5.97 Å². The zero-order valence-electron chi connectivity index (χ0n) is 12.0. The lowest BCUT2D eigenvalue weighted by molar-refractivity contribution is -0.146. The normalized spacial score (nSPS) is 12.0. The van der Waals surface area contributed by atoms with Gasteiger partial charge in [0.15, 0.2) is 0 Å². The van der Waals surface area contributed by atoms with Gasteiger partial charge in [0.25, 0.3) is 0 Å². The molecule has 0 aliphatic rings. The molecule has 1 heterocycles. The second-order valence-electron chi connectivity index (χ2n) is 4.63. The lowest BCUT2D eigenvalue weighted by Crippen LogP contribution is -2.31. The third-order valence-electron chi connectivity index (χ3n) is 3.08. The van der Waals surface area contributed by atoms with Gasteiger partial charge in [-0.15, -0.1) is 0 Å². The van der Waals surface area contributed by atoms with Crippen molar-refractivity contribution in [3.63, 3.8) is 0 Å². The van der Waals surface area contributed by atoms with E-state index in [2.05, 4.69) is 5.48 Å². The van der Waals surface area contributed by atoms with Crippen molar-refractivity contribution in [3.05, 3.63) is 60.1 Å². The van der Waals surface area contributed by atoms with Crippen LogP contribution in [-0.4, -0.2) is 19.6 Å². The number of esters is 1.